The van der Waals surface area contributed by atoms with Crippen molar-refractivity contribution in [3.8, 4) is 0 Å². The first-order valence-electron chi connectivity index (χ1n) is 5.90. The monoisotopic (exact) mass is 290 g/mol. The van der Waals surface area contributed by atoms with E-state index in [2.05, 4.69) is 16.8 Å². The topological polar surface area (TPSA) is 93.8 Å². The van der Waals surface area contributed by atoms with Crippen molar-refractivity contribution in [1.82, 2.24) is 14.8 Å². The zero-order valence-electron chi connectivity index (χ0n) is 10.7. The first-order valence-corrected chi connectivity index (χ1v) is 6.78. The average molecular weight is 290 g/mol. The van der Waals surface area contributed by atoms with Gasteiger partial charge < -0.3 is 5.73 Å². The Balaban J connectivity index is 2.32. The number of nitrogens with two attached hydrogens (primary N) is 1. The highest BCUT2D eigenvalue weighted by Crippen LogP contribution is 2.33. The summed E-state index contributed by atoms with van der Waals surface area (Å²) in [4.78, 5) is 23.2. The van der Waals surface area contributed by atoms with E-state index in [4.69, 9.17) is 5.73 Å². The number of carbonyl (C=O) groups excluding carboxylic acids is 1. The summed E-state index contributed by atoms with van der Waals surface area (Å²) in [6.07, 6.45) is 1.59. The number of carbonyl (C=O) groups is 1. The van der Waals surface area contributed by atoms with Crippen molar-refractivity contribution in [2.24, 2.45) is 5.73 Å². The molecule has 0 unspecified atom stereocenters. The van der Waals surface area contributed by atoms with E-state index in [0.29, 0.717) is 11.7 Å². The summed E-state index contributed by atoms with van der Waals surface area (Å²) >= 11 is 1.14. The number of primary amides is 1. The highest BCUT2D eigenvalue weighted by atomic mass is 32.2. The van der Waals surface area contributed by atoms with E-state index in [1.165, 1.54) is 4.57 Å². The van der Waals surface area contributed by atoms with Crippen molar-refractivity contribution in [2.75, 3.05) is 0 Å². The molecule has 2 rings (SSSR count). The van der Waals surface area contributed by atoms with Gasteiger partial charge in [-0.05, 0) is 5.56 Å². The van der Waals surface area contributed by atoms with Crippen molar-refractivity contribution in [3.63, 3.8) is 0 Å². The van der Waals surface area contributed by atoms with Gasteiger partial charge in [0.25, 0.3) is 0 Å². The Bertz CT molecular complexity index is 663. The van der Waals surface area contributed by atoms with Gasteiger partial charge in [-0.2, -0.15) is 0 Å². The van der Waals surface area contributed by atoms with Crippen LogP contribution in [0.1, 0.15) is 10.8 Å². The number of nitrogens with zero attached hydrogens (tertiary/aromatic N) is 2. The third-order valence-electron chi connectivity index (χ3n) is 2.62. The molecule has 6 nitrogen and oxygen atoms in total. The van der Waals surface area contributed by atoms with Gasteiger partial charge in [0.15, 0.2) is 5.16 Å². The molecule has 0 saturated carbocycles. The quantitative estimate of drug-likeness (QED) is 0.615. The van der Waals surface area contributed by atoms with Crippen LogP contribution in [0.4, 0.5) is 0 Å². The van der Waals surface area contributed by atoms with Crippen LogP contribution in [0, 0.1) is 0 Å². The molecule has 20 heavy (non-hydrogen) atoms. The number of benzene rings is 1. The molecule has 0 radical (unpaired) electrons. The molecule has 1 heterocycles. The van der Waals surface area contributed by atoms with Crippen molar-refractivity contribution in [1.29, 1.82) is 0 Å². The molecule has 0 saturated heterocycles. The molecule has 0 aliphatic heterocycles. The molecule has 7 heteroatoms. The summed E-state index contributed by atoms with van der Waals surface area (Å²) < 4.78 is 1.40. The Morgan fingerprint density at radius 3 is 2.80 bits per heavy atom. The normalized spacial score (nSPS) is 12.0. The van der Waals surface area contributed by atoms with Crippen molar-refractivity contribution < 1.29 is 4.79 Å². The maximum atomic E-state index is 11.6. The number of thioether (sulfide) groups is 1. The number of allylic oxidation sites excluding steroid dienone is 1. The maximum absolute atomic E-state index is 11.6. The largest absolute Gasteiger partial charge is 0.368 e. The second-order valence-corrected chi connectivity index (χ2v) is 5.09. The Morgan fingerprint density at radius 1 is 1.50 bits per heavy atom. The van der Waals surface area contributed by atoms with E-state index >= 15 is 0 Å². The van der Waals surface area contributed by atoms with Crippen LogP contribution in [0.3, 0.4) is 0 Å². The van der Waals surface area contributed by atoms with Gasteiger partial charge in [-0.15, -0.1) is 11.7 Å². The van der Waals surface area contributed by atoms with Crippen LogP contribution in [-0.4, -0.2) is 20.7 Å². The average Bonchev–Trinajstić information content (AvgIpc) is 2.78. The molecule has 2 aromatic rings. The lowest BCUT2D eigenvalue weighted by Crippen LogP contribution is -2.21. The molecule has 1 amide bonds. The molecule has 0 aliphatic rings. The number of amides is 1. The molecule has 0 aliphatic carbocycles. The number of aromatic amines is 1. The minimum Gasteiger partial charge on any atom is -0.368 e. The van der Waals surface area contributed by atoms with Crippen LogP contribution < -0.4 is 11.4 Å². The Hall–Kier alpha value is -2.28. The van der Waals surface area contributed by atoms with E-state index in [9.17, 15) is 9.59 Å². The second kappa shape index (κ2) is 6.25. The van der Waals surface area contributed by atoms with Crippen LogP contribution >= 0.6 is 11.8 Å². The fourth-order valence-corrected chi connectivity index (χ4v) is 2.71. The first kappa shape index (κ1) is 14.1. The third kappa shape index (κ3) is 3.00. The number of H-pyrrole nitrogens is 1. The molecule has 1 aromatic heterocycles. The number of rotatable bonds is 6. The molecule has 0 bridgehead atoms. The Kier molecular flexibility index (Phi) is 4.41. The third-order valence-corrected chi connectivity index (χ3v) is 3.88. The smallest absolute Gasteiger partial charge is 0.344 e. The Morgan fingerprint density at radius 2 is 2.20 bits per heavy atom. The van der Waals surface area contributed by atoms with E-state index in [-0.39, 0.29) is 5.69 Å². The van der Waals surface area contributed by atoms with Crippen molar-refractivity contribution >= 4 is 17.7 Å². The zero-order valence-corrected chi connectivity index (χ0v) is 11.5. The summed E-state index contributed by atoms with van der Waals surface area (Å²) in [6, 6.07) is 9.13. The maximum Gasteiger partial charge on any atom is 0.344 e. The molecule has 3 N–H and O–H groups in total. The fourth-order valence-electron chi connectivity index (χ4n) is 1.71. The van der Waals surface area contributed by atoms with Gasteiger partial charge >= 0.3 is 5.69 Å². The van der Waals surface area contributed by atoms with Gasteiger partial charge in [0.1, 0.15) is 5.25 Å². The van der Waals surface area contributed by atoms with Crippen molar-refractivity contribution in [2.45, 2.75) is 17.0 Å². The Labute approximate surface area is 119 Å². The van der Waals surface area contributed by atoms with Crippen LogP contribution in [0.5, 0.6) is 0 Å². The molecule has 0 spiro atoms. The fraction of sp³-hybridized carbons (Fsp3) is 0.154. The minimum absolute atomic E-state index is 0.317. The van der Waals surface area contributed by atoms with Crippen LogP contribution in [0.15, 0.2) is 52.9 Å². The van der Waals surface area contributed by atoms with Crippen LogP contribution in [0.25, 0.3) is 0 Å². The van der Waals surface area contributed by atoms with E-state index < -0.39 is 11.2 Å². The number of aromatic nitrogens is 3. The van der Waals surface area contributed by atoms with Crippen molar-refractivity contribution in [3.05, 3.63) is 59.0 Å². The van der Waals surface area contributed by atoms with Gasteiger partial charge in [0.05, 0.1) is 0 Å². The first-order chi connectivity index (χ1) is 9.63. The number of hydrogen-bond acceptors (Lipinski definition) is 4. The number of nitrogens with one attached hydrogen (secondary N) is 1. The molecule has 104 valence electrons. The molecule has 0 fully saturated rings. The summed E-state index contributed by atoms with van der Waals surface area (Å²) in [7, 11) is 0. The van der Waals surface area contributed by atoms with Gasteiger partial charge in [-0.25, -0.2) is 9.89 Å². The van der Waals surface area contributed by atoms with Gasteiger partial charge in [-0.3, -0.25) is 9.36 Å². The van der Waals surface area contributed by atoms with Crippen LogP contribution in [0.2, 0.25) is 0 Å². The zero-order chi connectivity index (χ0) is 14.5. The molecular formula is C13H14N4O2S. The highest BCUT2D eigenvalue weighted by molar-refractivity contribution is 8.00. The summed E-state index contributed by atoms with van der Waals surface area (Å²) in [5, 5.41) is 6.07. The summed E-state index contributed by atoms with van der Waals surface area (Å²) in [6.45, 7) is 3.91. The molecule has 1 aromatic carbocycles. The summed E-state index contributed by atoms with van der Waals surface area (Å²) in [5.41, 5.74) is 5.87. The lowest BCUT2D eigenvalue weighted by atomic mass is 10.1. The van der Waals surface area contributed by atoms with Gasteiger partial charge in [-0.1, -0.05) is 48.2 Å². The SMILES string of the molecule is C=CCn1c(S[C@@H](C(N)=O)c2ccccc2)n[nH]c1=O. The second-order valence-electron chi connectivity index (χ2n) is 4.02. The van der Waals surface area contributed by atoms with E-state index in [1.54, 1.807) is 6.08 Å². The predicted octanol–water partition coefficient (Wildman–Crippen LogP) is 1.08. The minimum atomic E-state index is -0.602. The number of hydrogen-bond donors (Lipinski definition) is 2. The molecule has 1 atom stereocenters. The predicted molar refractivity (Wildman–Crippen MR) is 77.3 cm³/mol. The van der Waals surface area contributed by atoms with Gasteiger partial charge in [0.2, 0.25) is 5.91 Å². The lowest BCUT2D eigenvalue weighted by Gasteiger charge is -2.12. The summed E-state index contributed by atoms with van der Waals surface area (Å²) in [5.74, 6) is -0.484. The lowest BCUT2D eigenvalue weighted by molar-refractivity contribution is -0.117. The van der Waals surface area contributed by atoms with E-state index in [1.807, 2.05) is 30.3 Å². The van der Waals surface area contributed by atoms with Crippen LogP contribution in [-0.2, 0) is 11.3 Å². The molecular weight excluding hydrogens is 276 g/mol. The standard InChI is InChI=1S/C13H14N4O2S/c1-2-8-17-12(19)15-16-13(17)20-10(11(14)18)9-6-4-3-5-7-9/h2-7,10H,1,8H2,(H2,14,18)(H,15,19)/t10-/m1/s1. The highest BCUT2D eigenvalue weighted by Gasteiger charge is 2.22. The van der Waals surface area contributed by atoms with Gasteiger partial charge in [0, 0.05) is 6.54 Å². The van der Waals surface area contributed by atoms with E-state index in [0.717, 1.165) is 17.3 Å².